The smallest absolute Gasteiger partial charge is 0.229 e. The summed E-state index contributed by atoms with van der Waals surface area (Å²) in [5.74, 6) is 1.12. The van der Waals surface area contributed by atoms with Gasteiger partial charge < -0.3 is 35.6 Å². The van der Waals surface area contributed by atoms with Gasteiger partial charge in [-0.05, 0) is 36.7 Å². The molecule has 1 unspecified atom stereocenters. The summed E-state index contributed by atoms with van der Waals surface area (Å²) in [6, 6.07) is 14.1. The molecule has 0 amide bonds. The van der Waals surface area contributed by atoms with Gasteiger partial charge in [-0.25, -0.2) is 9.97 Å². The third-order valence-electron chi connectivity index (χ3n) is 6.71. The van der Waals surface area contributed by atoms with E-state index in [1.54, 1.807) is 18.4 Å². The number of nitrogens with zero attached hydrogens (tertiary/aromatic N) is 4. The number of piperazine rings is 1. The van der Waals surface area contributed by atoms with E-state index in [9.17, 15) is 5.11 Å². The minimum atomic E-state index is -0.897. The first-order chi connectivity index (χ1) is 18.5. The zero-order valence-electron chi connectivity index (χ0n) is 21.9. The second-order valence-electron chi connectivity index (χ2n) is 9.14. The highest BCUT2D eigenvalue weighted by molar-refractivity contribution is 7.16. The Morgan fingerprint density at radius 3 is 2.61 bits per heavy atom. The van der Waals surface area contributed by atoms with Gasteiger partial charge in [0, 0.05) is 55.9 Å². The standard InChI is InChI=1S/C28H33N7O2S/c1-5-25(36)30-21-16-22(24(37-4)17-23(21)35-13-11-34(3)12-14-35)31-28-32-26(19-10-15-38-27(19)33-28)18-8-6-7-9-20(18)29-2/h5-10,15-17,25,29-30,36H,1,11-14H2,2-4H3,(H,31,32,33). The number of thiophene rings is 1. The molecule has 4 N–H and O–H groups in total. The molecule has 0 aliphatic carbocycles. The number of aliphatic hydroxyl groups excluding tert-OH is 1. The van der Waals surface area contributed by atoms with Crippen LogP contribution in [0, 0.1) is 0 Å². The SMILES string of the molecule is C=CC(O)Nc1cc(Nc2nc(-c3ccccc3NC)c3ccsc3n2)c(OC)cc1N1CCN(C)CC1. The quantitative estimate of drug-likeness (QED) is 0.179. The normalized spacial score (nSPS) is 14.8. The number of anilines is 5. The molecular weight excluding hydrogens is 498 g/mol. The molecule has 0 spiro atoms. The average Bonchev–Trinajstić information content (AvgIpc) is 3.42. The number of fused-ring (bicyclic) bond motifs is 1. The zero-order valence-corrected chi connectivity index (χ0v) is 22.7. The second kappa shape index (κ2) is 11.3. The molecule has 9 nitrogen and oxygen atoms in total. The maximum absolute atomic E-state index is 10.4. The van der Waals surface area contributed by atoms with Crippen LogP contribution < -0.4 is 25.6 Å². The van der Waals surface area contributed by atoms with E-state index in [1.165, 1.54) is 6.08 Å². The Balaban J connectivity index is 1.57. The summed E-state index contributed by atoms with van der Waals surface area (Å²) in [5.41, 5.74) is 5.24. The van der Waals surface area contributed by atoms with Crippen LogP contribution in [-0.2, 0) is 0 Å². The van der Waals surface area contributed by atoms with Crippen molar-refractivity contribution in [1.82, 2.24) is 14.9 Å². The molecule has 4 aromatic rings. The monoisotopic (exact) mass is 531 g/mol. The van der Waals surface area contributed by atoms with Gasteiger partial charge in [-0.3, -0.25) is 0 Å². The molecule has 2 aromatic heterocycles. The van der Waals surface area contributed by atoms with Gasteiger partial charge in [0.15, 0.2) is 0 Å². The summed E-state index contributed by atoms with van der Waals surface area (Å²) < 4.78 is 5.81. The summed E-state index contributed by atoms with van der Waals surface area (Å²) in [7, 11) is 5.68. The van der Waals surface area contributed by atoms with E-state index in [0.29, 0.717) is 17.4 Å². The number of benzene rings is 2. The van der Waals surface area contributed by atoms with E-state index < -0.39 is 6.23 Å². The fourth-order valence-corrected chi connectivity index (χ4v) is 5.39. The van der Waals surface area contributed by atoms with Crippen molar-refractivity contribution in [3.63, 3.8) is 0 Å². The lowest BCUT2D eigenvalue weighted by Crippen LogP contribution is -2.44. The molecule has 5 rings (SSSR count). The van der Waals surface area contributed by atoms with Gasteiger partial charge >= 0.3 is 0 Å². The number of aromatic nitrogens is 2. The van der Waals surface area contributed by atoms with Gasteiger partial charge in [-0.2, -0.15) is 0 Å². The van der Waals surface area contributed by atoms with Crippen LogP contribution in [0.25, 0.3) is 21.5 Å². The Morgan fingerprint density at radius 1 is 1.08 bits per heavy atom. The molecule has 3 heterocycles. The molecule has 1 atom stereocenters. The Kier molecular flexibility index (Phi) is 7.64. The summed E-state index contributed by atoms with van der Waals surface area (Å²) in [5, 5.41) is 23.2. The van der Waals surface area contributed by atoms with Crippen molar-refractivity contribution in [1.29, 1.82) is 0 Å². The Labute approximate surface area is 226 Å². The van der Waals surface area contributed by atoms with Crippen LogP contribution >= 0.6 is 11.3 Å². The van der Waals surface area contributed by atoms with Crippen LogP contribution in [0.1, 0.15) is 0 Å². The van der Waals surface area contributed by atoms with Crippen molar-refractivity contribution >= 4 is 50.3 Å². The van der Waals surface area contributed by atoms with Crippen LogP contribution in [0.2, 0.25) is 0 Å². The van der Waals surface area contributed by atoms with Crippen LogP contribution in [-0.4, -0.2) is 73.6 Å². The summed E-state index contributed by atoms with van der Waals surface area (Å²) >= 11 is 1.57. The second-order valence-corrected chi connectivity index (χ2v) is 10.0. The average molecular weight is 532 g/mol. The first-order valence-corrected chi connectivity index (χ1v) is 13.4. The first-order valence-electron chi connectivity index (χ1n) is 12.5. The highest BCUT2D eigenvalue weighted by Gasteiger charge is 2.22. The molecule has 1 fully saturated rings. The molecule has 1 aliphatic heterocycles. The topological polar surface area (TPSA) is 97.8 Å². The van der Waals surface area contributed by atoms with Crippen LogP contribution in [0.4, 0.5) is 28.7 Å². The highest BCUT2D eigenvalue weighted by atomic mass is 32.1. The molecule has 1 saturated heterocycles. The van der Waals surface area contributed by atoms with E-state index in [4.69, 9.17) is 14.7 Å². The van der Waals surface area contributed by atoms with Gasteiger partial charge in [-0.1, -0.05) is 24.8 Å². The van der Waals surface area contributed by atoms with Crippen molar-refractivity contribution in [2.24, 2.45) is 0 Å². The first kappa shape index (κ1) is 25.8. The van der Waals surface area contributed by atoms with Gasteiger partial charge in [-0.15, -0.1) is 11.3 Å². The van der Waals surface area contributed by atoms with Crippen molar-refractivity contribution in [3.8, 4) is 17.0 Å². The lowest BCUT2D eigenvalue weighted by molar-refractivity contribution is 0.252. The van der Waals surface area contributed by atoms with Crippen molar-refractivity contribution in [3.05, 3.63) is 60.5 Å². The highest BCUT2D eigenvalue weighted by Crippen LogP contribution is 2.40. The molecule has 10 heteroatoms. The van der Waals surface area contributed by atoms with Crippen LogP contribution in [0.5, 0.6) is 5.75 Å². The van der Waals surface area contributed by atoms with E-state index in [-0.39, 0.29) is 0 Å². The van der Waals surface area contributed by atoms with E-state index in [0.717, 1.165) is 64.7 Å². The van der Waals surface area contributed by atoms with Crippen molar-refractivity contribution < 1.29 is 9.84 Å². The molecule has 0 radical (unpaired) electrons. The Bertz CT molecular complexity index is 1430. The molecule has 38 heavy (non-hydrogen) atoms. The molecule has 0 bridgehead atoms. The van der Waals surface area contributed by atoms with E-state index in [1.807, 2.05) is 42.8 Å². The fraction of sp³-hybridized carbons (Fsp3) is 0.286. The van der Waals surface area contributed by atoms with Crippen LogP contribution in [0.15, 0.2) is 60.5 Å². The van der Waals surface area contributed by atoms with E-state index in [2.05, 4.69) is 51.5 Å². The lowest BCUT2D eigenvalue weighted by Gasteiger charge is -2.35. The minimum Gasteiger partial charge on any atom is -0.494 e. The number of para-hydroxylation sites is 1. The zero-order chi connectivity index (χ0) is 26.6. The number of likely N-dealkylation sites (N-methyl/N-ethyl adjacent to an activating group) is 1. The predicted octanol–water partition coefficient (Wildman–Crippen LogP) is 4.82. The number of methoxy groups -OCH3 is 1. The number of hydrogen-bond donors (Lipinski definition) is 4. The number of hydrogen-bond acceptors (Lipinski definition) is 10. The maximum atomic E-state index is 10.4. The van der Waals surface area contributed by atoms with Crippen molar-refractivity contribution in [2.75, 3.05) is 68.2 Å². The Morgan fingerprint density at radius 2 is 1.87 bits per heavy atom. The Hall–Kier alpha value is -3.86. The molecule has 198 valence electrons. The predicted molar refractivity (Wildman–Crippen MR) is 158 cm³/mol. The molecule has 1 aliphatic rings. The number of rotatable bonds is 9. The molecule has 0 saturated carbocycles. The van der Waals surface area contributed by atoms with Gasteiger partial charge in [0.1, 0.15) is 16.8 Å². The minimum absolute atomic E-state index is 0.460. The number of ether oxygens (including phenoxy) is 1. The summed E-state index contributed by atoms with van der Waals surface area (Å²) in [6.07, 6.45) is 0.565. The number of nitrogens with one attached hydrogen (secondary N) is 3. The maximum Gasteiger partial charge on any atom is 0.229 e. The third-order valence-corrected chi connectivity index (χ3v) is 7.52. The molecule has 2 aromatic carbocycles. The van der Waals surface area contributed by atoms with Crippen molar-refractivity contribution in [2.45, 2.75) is 6.23 Å². The number of aliphatic hydroxyl groups is 1. The van der Waals surface area contributed by atoms with Gasteiger partial charge in [0.2, 0.25) is 5.95 Å². The van der Waals surface area contributed by atoms with Gasteiger partial charge in [0.05, 0.1) is 29.9 Å². The molecular formula is C28H33N7O2S. The fourth-order valence-electron chi connectivity index (χ4n) is 4.62. The van der Waals surface area contributed by atoms with Gasteiger partial charge in [0.25, 0.3) is 0 Å². The largest absolute Gasteiger partial charge is 0.494 e. The van der Waals surface area contributed by atoms with Crippen LogP contribution in [0.3, 0.4) is 0 Å². The third kappa shape index (κ3) is 5.24. The van der Waals surface area contributed by atoms with E-state index >= 15 is 0 Å². The summed E-state index contributed by atoms with van der Waals surface area (Å²) in [4.78, 5) is 15.2. The summed E-state index contributed by atoms with van der Waals surface area (Å²) in [6.45, 7) is 7.37. The lowest BCUT2D eigenvalue weighted by atomic mass is 10.1.